The van der Waals surface area contributed by atoms with Crippen LogP contribution >= 0.6 is 68.5 Å². The minimum Gasteiger partial charge on any atom is -0.487 e. The molecule has 1 aliphatic heterocycles. The second-order valence-corrected chi connectivity index (χ2v) is 11.3. The van der Waals surface area contributed by atoms with Crippen molar-refractivity contribution in [2.45, 2.75) is 6.61 Å². The summed E-state index contributed by atoms with van der Waals surface area (Å²) in [6.07, 6.45) is 1.61. The van der Waals surface area contributed by atoms with Crippen LogP contribution in [0.3, 0.4) is 0 Å². The Morgan fingerprint density at radius 1 is 1.08 bits per heavy atom. The van der Waals surface area contributed by atoms with E-state index in [0.717, 1.165) is 41.0 Å². The van der Waals surface area contributed by atoms with E-state index in [0.29, 0.717) is 17.4 Å². The first-order valence-electron chi connectivity index (χ1n) is 10.4. The molecule has 0 aromatic heterocycles. The number of hydrogen-bond acceptors (Lipinski definition) is 5. The molecule has 1 fully saturated rings. The standard InChI is InChI=1S/C25H16ClFI2N2O4S/c26-16-6-4-14(5-7-16)13-35-23-19(28)8-15(9-20(23)29)10-21-24(33)31(25(34)36-21)12-22(32)30-18-3-1-2-17(27)11-18/h1-11H,12-13H2,(H,30,32)/b21-10+. The largest absolute Gasteiger partial charge is 0.487 e. The fourth-order valence-electron chi connectivity index (χ4n) is 3.23. The molecule has 11 heteroatoms. The summed E-state index contributed by atoms with van der Waals surface area (Å²) < 4.78 is 21.0. The first kappa shape index (κ1) is 26.9. The van der Waals surface area contributed by atoms with Crippen LogP contribution in [0.1, 0.15) is 11.1 Å². The Morgan fingerprint density at radius 2 is 1.78 bits per heavy atom. The highest BCUT2D eigenvalue weighted by atomic mass is 127. The summed E-state index contributed by atoms with van der Waals surface area (Å²) in [5.41, 5.74) is 1.94. The zero-order chi connectivity index (χ0) is 25.8. The van der Waals surface area contributed by atoms with Crippen molar-refractivity contribution < 1.29 is 23.5 Å². The predicted octanol–water partition coefficient (Wildman–Crippen LogP) is 6.94. The number of nitrogens with one attached hydrogen (secondary N) is 1. The molecule has 3 amide bonds. The van der Waals surface area contributed by atoms with Gasteiger partial charge in [-0.15, -0.1) is 0 Å². The van der Waals surface area contributed by atoms with Crippen LogP contribution in [-0.4, -0.2) is 28.5 Å². The molecule has 184 valence electrons. The van der Waals surface area contributed by atoms with Crippen LogP contribution in [0.4, 0.5) is 14.9 Å². The Bertz CT molecular complexity index is 1360. The zero-order valence-corrected chi connectivity index (χ0v) is 24.2. The molecule has 0 spiro atoms. The van der Waals surface area contributed by atoms with Gasteiger partial charge in [-0.3, -0.25) is 19.3 Å². The summed E-state index contributed by atoms with van der Waals surface area (Å²) in [5.74, 6) is -0.958. The third kappa shape index (κ3) is 6.78. The van der Waals surface area contributed by atoms with Gasteiger partial charge in [0.1, 0.15) is 24.7 Å². The number of carbonyl (C=O) groups is 3. The number of halogens is 4. The van der Waals surface area contributed by atoms with Gasteiger partial charge in [0, 0.05) is 10.7 Å². The number of thioether (sulfide) groups is 1. The van der Waals surface area contributed by atoms with Crippen molar-refractivity contribution >= 4 is 97.4 Å². The summed E-state index contributed by atoms with van der Waals surface area (Å²) in [5, 5.41) is 2.59. The maximum absolute atomic E-state index is 13.3. The number of amides is 3. The van der Waals surface area contributed by atoms with Gasteiger partial charge in [0.2, 0.25) is 5.91 Å². The van der Waals surface area contributed by atoms with E-state index in [1.165, 1.54) is 18.2 Å². The minimum atomic E-state index is -0.601. The highest BCUT2D eigenvalue weighted by Gasteiger charge is 2.36. The number of anilines is 1. The second-order valence-electron chi connectivity index (χ2n) is 7.56. The Balaban J connectivity index is 1.43. The number of ether oxygens (including phenoxy) is 1. The molecule has 6 nitrogen and oxygen atoms in total. The van der Waals surface area contributed by atoms with Crippen molar-refractivity contribution in [1.82, 2.24) is 4.90 Å². The molecule has 1 saturated heterocycles. The lowest BCUT2D eigenvalue weighted by molar-refractivity contribution is -0.127. The van der Waals surface area contributed by atoms with Gasteiger partial charge < -0.3 is 10.1 Å². The lowest BCUT2D eigenvalue weighted by atomic mass is 10.2. The fourth-order valence-corrected chi connectivity index (χ4v) is 6.33. The van der Waals surface area contributed by atoms with Crippen LogP contribution in [0, 0.1) is 13.0 Å². The molecule has 0 unspecified atom stereocenters. The molecule has 0 bridgehead atoms. The third-order valence-electron chi connectivity index (χ3n) is 4.90. The van der Waals surface area contributed by atoms with Crippen molar-refractivity contribution in [3.8, 4) is 5.75 Å². The van der Waals surface area contributed by atoms with E-state index in [-0.39, 0.29) is 10.6 Å². The SMILES string of the molecule is O=C(CN1C(=O)S/C(=C/c2cc(I)c(OCc3ccc(Cl)cc3)c(I)c2)C1=O)Nc1cccc(F)c1. The molecule has 36 heavy (non-hydrogen) atoms. The highest BCUT2D eigenvalue weighted by Crippen LogP contribution is 2.35. The average Bonchev–Trinajstić information content (AvgIpc) is 3.07. The maximum Gasteiger partial charge on any atom is 0.294 e. The van der Waals surface area contributed by atoms with Crippen molar-refractivity contribution in [3.05, 3.63) is 94.7 Å². The van der Waals surface area contributed by atoms with Crippen LogP contribution in [0.5, 0.6) is 5.75 Å². The fraction of sp³-hybridized carbons (Fsp3) is 0.0800. The summed E-state index contributed by atoms with van der Waals surface area (Å²) in [6.45, 7) is -0.0931. The van der Waals surface area contributed by atoms with Crippen LogP contribution in [-0.2, 0) is 16.2 Å². The van der Waals surface area contributed by atoms with Crippen LogP contribution < -0.4 is 10.1 Å². The van der Waals surface area contributed by atoms with Crippen LogP contribution in [0.2, 0.25) is 5.02 Å². The van der Waals surface area contributed by atoms with E-state index in [1.807, 2.05) is 24.3 Å². The van der Waals surface area contributed by atoms with Gasteiger partial charge in [0.25, 0.3) is 11.1 Å². The zero-order valence-electron chi connectivity index (χ0n) is 18.3. The number of nitrogens with zero attached hydrogens (tertiary/aromatic N) is 1. The summed E-state index contributed by atoms with van der Waals surface area (Å²) >= 11 is 11.0. The summed E-state index contributed by atoms with van der Waals surface area (Å²) in [7, 11) is 0. The van der Waals surface area contributed by atoms with Gasteiger partial charge in [-0.1, -0.05) is 29.8 Å². The molecule has 0 aliphatic carbocycles. The molecule has 4 rings (SSSR count). The van der Waals surface area contributed by atoms with Crippen molar-refractivity contribution in [3.63, 3.8) is 0 Å². The van der Waals surface area contributed by atoms with Gasteiger partial charge in [-0.05, 0) is 117 Å². The van der Waals surface area contributed by atoms with Gasteiger partial charge in [0.15, 0.2) is 0 Å². The average molecular weight is 749 g/mol. The van der Waals surface area contributed by atoms with Crippen molar-refractivity contribution in [2.24, 2.45) is 0 Å². The third-order valence-corrected chi connectivity index (χ3v) is 7.66. The van der Waals surface area contributed by atoms with Gasteiger partial charge in [-0.2, -0.15) is 0 Å². The van der Waals surface area contributed by atoms with Gasteiger partial charge >= 0.3 is 0 Å². The quantitative estimate of drug-likeness (QED) is 0.210. The Kier molecular flexibility index (Phi) is 8.91. The molecular formula is C25H16ClFI2N2O4S. The summed E-state index contributed by atoms with van der Waals surface area (Å²) in [6, 6.07) is 16.5. The molecule has 0 saturated carbocycles. The molecule has 1 aliphatic rings. The van der Waals surface area contributed by atoms with Gasteiger partial charge in [0.05, 0.1) is 12.0 Å². The van der Waals surface area contributed by atoms with Crippen LogP contribution in [0.25, 0.3) is 6.08 Å². The Hall–Kier alpha value is -2.16. The Labute approximate surface area is 242 Å². The number of imide groups is 1. The minimum absolute atomic E-state index is 0.208. The van der Waals surface area contributed by atoms with E-state index in [1.54, 1.807) is 18.2 Å². The van der Waals surface area contributed by atoms with Gasteiger partial charge in [-0.25, -0.2) is 4.39 Å². The molecule has 0 radical (unpaired) electrons. The highest BCUT2D eigenvalue weighted by molar-refractivity contribution is 14.1. The monoisotopic (exact) mass is 748 g/mol. The second kappa shape index (κ2) is 11.9. The molecule has 3 aromatic carbocycles. The normalized spacial score (nSPS) is 14.4. The van der Waals surface area contributed by atoms with Crippen molar-refractivity contribution in [1.29, 1.82) is 0 Å². The number of rotatable bonds is 7. The number of carbonyl (C=O) groups excluding carboxylic acids is 3. The molecule has 0 atom stereocenters. The molecule has 1 N–H and O–H groups in total. The topological polar surface area (TPSA) is 75.7 Å². The molecular weight excluding hydrogens is 733 g/mol. The molecule has 3 aromatic rings. The van der Waals surface area contributed by atoms with E-state index >= 15 is 0 Å². The first-order valence-corrected chi connectivity index (χ1v) is 13.7. The van der Waals surface area contributed by atoms with Crippen LogP contribution in [0.15, 0.2) is 65.6 Å². The number of hydrogen-bond donors (Lipinski definition) is 1. The lowest BCUT2D eigenvalue weighted by Crippen LogP contribution is -2.36. The molecule has 1 heterocycles. The Morgan fingerprint density at radius 3 is 2.44 bits per heavy atom. The van der Waals surface area contributed by atoms with E-state index in [4.69, 9.17) is 16.3 Å². The predicted molar refractivity (Wildman–Crippen MR) is 155 cm³/mol. The lowest BCUT2D eigenvalue weighted by Gasteiger charge is -2.13. The van der Waals surface area contributed by atoms with E-state index in [9.17, 15) is 18.8 Å². The summed E-state index contributed by atoms with van der Waals surface area (Å²) in [4.78, 5) is 38.6. The van der Waals surface area contributed by atoms with Crippen molar-refractivity contribution in [2.75, 3.05) is 11.9 Å². The van der Waals surface area contributed by atoms with E-state index in [2.05, 4.69) is 50.5 Å². The number of benzene rings is 3. The smallest absolute Gasteiger partial charge is 0.294 e. The maximum atomic E-state index is 13.3. The van der Waals surface area contributed by atoms with E-state index < -0.39 is 29.4 Å². The first-order chi connectivity index (χ1) is 17.2.